The van der Waals surface area contributed by atoms with Gasteiger partial charge in [0.05, 0.1) is 6.61 Å². The normalized spacial score (nSPS) is 16.3. The van der Waals surface area contributed by atoms with Gasteiger partial charge in [-0.15, -0.1) is 0 Å². The number of aryl methyl sites for hydroxylation is 1. The van der Waals surface area contributed by atoms with Crippen molar-refractivity contribution in [1.82, 2.24) is 0 Å². The number of carbonyl (C=O) groups excluding carboxylic acids is 1. The minimum absolute atomic E-state index is 0.0713. The lowest BCUT2D eigenvalue weighted by Crippen LogP contribution is -2.12. The monoisotopic (exact) mass is 204 g/mol. The van der Waals surface area contributed by atoms with E-state index < -0.39 is 0 Å². The minimum Gasteiger partial charge on any atom is -0.493 e. The summed E-state index contributed by atoms with van der Waals surface area (Å²) in [6.45, 7) is 2.74. The largest absolute Gasteiger partial charge is 0.493 e. The van der Waals surface area contributed by atoms with Crippen molar-refractivity contribution < 1.29 is 9.53 Å². The molecule has 1 heterocycles. The molecule has 1 unspecified atom stereocenters. The fourth-order valence-corrected chi connectivity index (χ4v) is 2.01. The van der Waals surface area contributed by atoms with E-state index in [0.29, 0.717) is 0 Å². The van der Waals surface area contributed by atoms with Crippen LogP contribution in [-0.4, -0.2) is 12.9 Å². The van der Waals surface area contributed by atoms with Gasteiger partial charge in [-0.1, -0.05) is 25.1 Å². The number of hydrogen-bond donors (Lipinski definition) is 0. The second kappa shape index (κ2) is 4.47. The Balaban J connectivity index is 2.26. The van der Waals surface area contributed by atoms with Gasteiger partial charge >= 0.3 is 0 Å². The standard InChI is InChI=1S/C13H16O2/c1-10(9-14)8-12-5-2-4-11-6-3-7-15-13(11)12/h2,4-5,9-10H,3,6-8H2,1H3. The number of fused-ring (bicyclic) bond motifs is 1. The number of para-hydroxylation sites is 1. The zero-order valence-corrected chi connectivity index (χ0v) is 9.03. The Morgan fingerprint density at radius 1 is 1.53 bits per heavy atom. The summed E-state index contributed by atoms with van der Waals surface area (Å²) >= 11 is 0. The molecule has 2 rings (SSSR count). The Hall–Kier alpha value is -1.31. The maximum Gasteiger partial charge on any atom is 0.125 e. The summed E-state index contributed by atoms with van der Waals surface area (Å²) in [5.41, 5.74) is 2.46. The predicted octanol–water partition coefficient (Wildman–Crippen LogP) is 2.39. The summed E-state index contributed by atoms with van der Waals surface area (Å²) in [6.07, 6.45) is 3.98. The molecule has 0 aliphatic carbocycles. The quantitative estimate of drug-likeness (QED) is 0.707. The minimum atomic E-state index is 0.0713. The lowest BCUT2D eigenvalue weighted by Gasteiger charge is -2.20. The molecule has 1 aromatic carbocycles. The Morgan fingerprint density at radius 2 is 2.40 bits per heavy atom. The Labute approximate surface area is 90.3 Å². The Morgan fingerprint density at radius 3 is 3.20 bits per heavy atom. The van der Waals surface area contributed by atoms with Crippen LogP contribution >= 0.6 is 0 Å². The van der Waals surface area contributed by atoms with Crippen LogP contribution in [0.15, 0.2) is 18.2 Å². The van der Waals surface area contributed by atoms with Gasteiger partial charge in [0.15, 0.2) is 0 Å². The number of hydrogen-bond acceptors (Lipinski definition) is 2. The van der Waals surface area contributed by atoms with Gasteiger partial charge in [-0.2, -0.15) is 0 Å². The third-order valence-electron chi connectivity index (χ3n) is 2.79. The molecule has 2 heteroatoms. The van der Waals surface area contributed by atoms with Crippen molar-refractivity contribution in [2.45, 2.75) is 26.2 Å². The van der Waals surface area contributed by atoms with E-state index in [0.717, 1.165) is 37.9 Å². The first-order valence-corrected chi connectivity index (χ1v) is 5.50. The van der Waals surface area contributed by atoms with Gasteiger partial charge in [-0.3, -0.25) is 0 Å². The molecule has 2 nitrogen and oxygen atoms in total. The molecule has 0 radical (unpaired) electrons. The number of carbonyl (C=O) groups is 1. The first-order chi connectivity index (χ1) is 7.31. The van der Waals surface area contributed by atoms with Crippen molar-refractivity contribution in [3.8, 4) is 5.75 Å². The number of aldehydes is 1. The van der Waals surface area contributed by atoms with Crippen LogP contribution in [0.25, 0.3) is 0 Å². The lowest BCUT2D eigenvalue weighted by atomic mass is 9.96. The zero-order valence-electron chi connectivity index (χ0n) is 9.03. The molecule has 0 amide bonds. The summed E-state index contributed by atoms with van der Waals surface area (Å²) in [7, 11) is 0. The maximum atomic E-state index is 10.6. The van der Waals surface area contributed by atoms with Crippen LogP contribution in [0.1, 0.15) is 24.5 Å². The third-order valence-corrected chi connectivity index (χ3v) is 2.79. The summed E-state index contributed by atoms with van der Waals surface area (Å²) in [6, 6.07) is 6.23. The van der Waals surface area contributed by atoms with Crippen molar-refractivity contribution in [1.29, 1.82) is 0 Å². The molecule has 0 N–H and O–H groups in total. The van der Waals surface area contributed by atoms with Gasteiger partial charge in [0.25, 0.3) is 0 Å². The number of rotatable bonds is 3. The van der Waals surface area contributed by atoms with Crippen LogP contribution in [-0.2, 0) is 17.6 Å². The van der Waals surface area contributed by atoms with E-state index in [1.54, 1.807) is 0 Å². The van der Waals surface area contributed by atoms with E-state index >= 15 is 0 Å². The number of benzene rings is 1. The highest BCUT2D eigenvalue weighted by molar-refractivity contribution is 5.55. The van der Waals surface area contributed by atoms with Crippen LogP contribution in [0, 0.1) is 5.92 Å². The van der Waals surface area contributed by atoms with Crippen molar-refractivity contribution in [2.75, 3.05) is 6.61 Å². The molecule has 1 aliphatic rings. The molecular formula is C13H16O2. The molecule has 0 spiro atoms. The average molecular weight is 204 g/mol. The van der Waals surface area contributed by atoms with Crippen LogP contribution < -0.4 is 4.74 Å². The molecular weight excluding hydrogens is 188 g/mol. The van der Waals surface area contributed by atoms with E-state index in [2.05, 4.69) is 18.2 Å². The fourth-order valence-electron chi connectivity index (χ4n) is 2.01. The molecule has 0 saturated heterocycles. The smallest absolute Gasteiger partial charge is 0.125 e. The molecule has 0 bridgehead atoms. The van der Waals surface area contributed by atoms with E-state index in [9.17, 15) is 4.79 Å². The van der Waals surface area contributed by atoms with Crippen LogP contribution in [0.2, 0.25) is 0 Å². The van der Waals surface area contributed by atoms with Gasteiger partial charge in [-0.05, 0) is 30.4 Å². The highest BCUT2D eigenvalue weighted by Crippen LogP contribution is 2.30. The first-order valence-electron chi connectivity index (χ1n) is 5.50. The summed E-state index contributed by atoms with van der Waals surface area (Å²) < 4.78 is 5.68. The van der Waals surface area contributed by atoms with E-state index in [1.807, 2.05) is 6.92 Å². The third kappa shape index (κ3) is 2.20. The fraction of sp³-hybridized carbons (Fsp3) is 0.462. The lowest BCUT2D eigenvalue weighted by molar-refractivity contribution is -0.110. The molecule has 1 atom stereocenters. The molecule has 15 heavy (non-hydrogen) atoms. The van der Waals surface area contributed by atoms with Gasteiger partial charge in [0.1, 0.15) is 12.0 Å². The molecule has 80 valence electrons. The summed E-state index contributed by atoms with van der Waals surface area (Å²) in [4.78, 5) is 10.6. The zero-order chi connectivity index (χ0) is 10.7. The predicted molar refractivity (Wildman–Crippen MR) is 59.2 cm³/mol. The Bertz CT molecular complexity index is 358. The van der Waals surface area contributed by atoms with Crippen LogP contribution in [0.3, 0.4) is 0 Å². The SMILES string of the molecule is CC(C=O)Cc1cccc2c1OCCC2. The van der Waals surface area contributed by atoms with Crippen molar-refractivity contribution in [2.24, 2.45) is 5.92 Å². The summed E-state index contributed by atoms with van der Waals surface area (Å²) in [5, 5.41) is 0. The second-order valence-electron chi connectivity index (χ2n) is 4.17. The average Bonchev–Trinajstić information content (AvgIpc) is 2.29. The molecule has 0 fully saturated rings. The topological polar surface area (TPSA) is 26.3 Å². The molecule has 1 aliphatic heterocycles. The van der Waals surface area contributed by atoms with Gasteiger partial charge < -0.3 is 9.53 Å². The maximum absolute atomic E-state index is 10.6. The number of ether oxygens (including phenoxy) is 1. The van der Waals surface area contributed by atoms with Crippen molar-refractivity contribution in [3.63, 3.8) is 0 Å². The van der Waals surface area contributed by atoms with E-state index in [4.69, 9.17) is 4.74 Å². The first kappa shape index (κ1) is 10.2. The van der Waals surface area contributed by atoms with Crippen molar-refractivity contribution in [3.05, 3.63) is 29.3 Å². The highest BCUT2D eigenvalue weighted by Gasteiger charge is 2.15. The van der Waals surface area contributed by atoms with Crippen LogP contribution in [0.4, 0.5) is 0 Å². The van der Waals surface area contributed by atoms with Gasteiger partial charge in [-0.25, -0.2) is 0 Å². The van der Waals surface area contributed by atoms with Crippen LogP contribution in [0.5, 0.6) is 5.75 Å². The Kier molecular flexibility index (Phi) is 3.05. The van der Waals surface area contributed by atoms with E-state index in [1.165, 1.54) is 11.1 Å². The second-order valence-corrected chi connectivity index (χ2v) is 4.17. The molecule has 0 saturated carbocycles. The highest BCUT2D eigenvalue weighted by atomic mass is 16.5. The molecule has 0 aromatic heterocycles. The van der Waals surface area contributed by atoms with E-state index in [-0.39, 0.29) is 5.92 Å². The molecule has 1 aromatic rings. The van der Waals surface area contributed by atoms with Gasteiger partial charge in [0, 0.05) is 5.92 Å². The van der Waals surface area contributed by atoms with Gasteiger partial charge in [0.2, 0.25) is 0 Å². The van der Waals surface area contributed by atoms with Crippen molar-refractivity contribution >= 4 is 6.29 Å². The summed E-state index contributed by atoms with van der Waals surface area (Å²) in [5.74, 6) is 1.10.